The van der Waals surface area contributed by atoms with Gasteiger partial charge in [-0.25, -0.2) is 0 Å². The van der Waals surface area contributed by atoms with Gasteiger partial charge in [0.25, 0.3) is 0 Å². The van der Waals surface area contributed by atoms with Gasteiger partial charge in [-0.05, 0) is 29.2 Å². The van der Waals surface area contributed by atoms with Crippen molar-refractivity contribution >= 4 is 22.7 Å². The first-order valence-electron chi connectivity index (χ1n) is 11.3. The first kappa shape index (κ1) is 21.0. The van der Waals surface area contributed by atoms with Crippen molar-refractivity contribution in [2.24, 2.45) is 7.05 Å². The van der Waals surface area contributed by atoms with Crippen LogP contribution in [0.15, 0.2) is 91.1 Å². The van der Waals surface area contributed by atoms with Gasteiger partial charge in [0.15, 0.2) is 0 Å². The van der Waals surface area contributed by atoms with Gasteiger partial charge in [0, 0.05) is 37.2 Å². The molecule has 2 atom stereocenters. The molecule has 5 nitrogen and oxygen atoms in total. The van der Waals surface area contributed by atoms with E-state index >= 15 is 0 Å². The number of amides is 2. The first-order chi connectivity index (χ1) is 16.1. The highest BCUT2D eigenvalue weighted by molar-refractivity contribution is 5.98. The van der Waals surface area contributed by atoms with Crippen LogP contribution in [0.1, 0.15) is 29.0 Å². The molecule has 2 heterocycles. The molecule has 0 saturated carbocycles. The number of carbonyl (C=O) groups excluding carboxylic acids is 2. The van der Waals surface area contributed by atoms with Gasteiger partial charge in [0.2, 0.25) is 11.8 Å². The summed E-state index contributed by atoms with van der Waals surface area (Å²) in [6, 6.07) is 27.3. The van der Waals surface area contributed by atoms with E-state index in [9.17, 15) is 9.59 Å². The van der Waals surface area contributed by atoms with E-state index in [-0.39, 0.29) is 17.7 Å². The van der Waals surface area contributed by atoms with Crippen molar-refractivity contribution in [3.05, 3.63) is 108 Å². The third-order valence-electron chi connectivity index (χ3n) is 6.53. The maximum absolute atomic E-state index is 13.7. The second-order valence-corrected chi connectivity index (χ2v) is 8.67. The molecule has 0 unspecified atom stereocenters. The summed E-state index contributed by atoms with van der Waals surface area (Å²) < 4.78 is 2.06. The number of aryl methyl sites for hydroxylation is 1. The van der Waals surface area contributed by atoms with E-state index in [0.717, 1.165) is 27.6 Å². The average molecular weight is 438 g/mol. The van der Waals surface area contributed by atoms with Gasteiger partial charge >= 0.3 is 0 Å². The predicted molar refractivity (Wildman–Crippen MR) is 129 cm³/mol. The molecule has 1 N–H and O–H groups in total. The third-order valence-corrected chi connectivity index (χ3v) is 6.53. The molecular formula is C28H27N3O2. The monoisotopic (exact) mass is 437 g/mol. The van der Waals surface area contributed by atoms with Crippen LogP contribution >= 0.6 is 0 Å². The quantitative estimate of drug-likeness (QED) is 0.487. The van der Waals surface area contributed by atoms with E-state index in [0.29, 0.717) is 19.5 Å². The van der Waals surface area contributed by atoms with Crippen LogP contribution in [0.3, 0.4) is 0 Å². The number of likely N-dealkylation sites (tertiary alicyclic amines) is 1. The lowest BCUT2D eigenvalue weighted by atomic mass is 9.95. The molecule has 1 aliphatic heterocycles. The largest absolute Gasteiger partial charge is 0.350 e. The smallest absolute Gasteiger partial charge is 0.243 e. The lowest BCUT2D eigenvalue weighted by molar-refractivity contribution is -0.136. The summed E-state index contributed by atoms with van der Waals surface area (Å²) >= 11 is 0. The number of benzene rings is 3. The summed E-state index contributed by atoms with van der Waals surface area (Å²) in [6.45, 7) is 0.868. The van der Waals surface area contributed by atoms with E-state index in [1.54, 1.807) is 4.90 Å². The minimum atomic E-state index is -0.509. The fourth-order valence-electron chi connectivity index (χ4n) is 4.84. The van der Waals surface area contributed by atoms with Crippen molar-refractivity contribution in [1.29, 1.82) is 0 Å². The van der Waals surface area contributed by atoms with Crippen LogP contribution in [0, 0.1) is 0 Å². The van der Waals surface area contributed by atoms with E-state index in [1.165, 1.54) is 0 Å². The first-order valence-corrected chi connectivity index (χ1v) is 11.3. The van der Waals surface area contributed by atoms with Crippen molar-refractivity contribution < 1.29 is 9.59 Å². The highest BCUT2D eigenvalue weighted by Crippen LogP contribution is 2.38. The van der Waals surface area contributed by atoms with Gasteiger partial charge in [-0.15, -0.1) is 0 Å². The molecule has 1 aliphatic rings. The van der Waals surface area contributed by atoms with Crippen molar-refractivity contribution in [2.75, 3.05) is 0 Å². The second-order valence-electron chi connectivity index (χ2n) is 8.67. The van der Waals surface area contributed by atoms with Crippen LogP contribution in [-0.2, 0) is 29.7 Å². The van der Waals surface area contributed by atoms with Crippen LogP contribution in [0.2, 0.25) is 0 Å². The van der Waals surface area contributed by atoms with Crippen LogP contribution in [0.25, 0.3) is 10.9 Å². The number of para-hydroxylation sites is 1. The van der Waals surface area contributed by atoms with Crippen molar-refractivity contribution in [2.45, 2.75) is 31.5 Å². The van der Waals surface area contributed by atoms with Crippen LogP contribution in [-0.4, -0.2) is 27.3 Å². The van der Waals surface area contributed by atoms with Crippen molar-refractivity contribution in [3.63, 3.8) is 0 Å². The summed E-state index contributed by atoms with van der Waals surface area (Å²) in [5.41, 5.74) is 4.14. The van der Waals surface area contributed by atoms with Gasteiger partial charge in [-0.1, -0.05) is 78.9 Å². The Bertz CT molecular complexity index is 1280. The Labute approximate surface area is 193 Å². The Hall–Kier alpha value is -3.86. The summed E-state index contributed by atoms with van der Waals surface area (Å²) in [4.78, 5) is 28.7. The van der Waals surface area contributed by atoms with E-state index in [1.807, 2.05) is 86.0 Å². The molecule has 5 rings (SSSR count). The molecule has 0 aliphatic carbocycles. The minimum absolute atomic E-state index is 0.00932. The number of carbonyl (C=O) groups is 2. The van der Waals surface area contributed by atoms with Crippen LogP contribution < -0.4 is 5.32 Å². The standard InChI is InChI=1S/C28H27N3O2/c1-30-19-24(22-14-8-9-15-25(22)30)23-16-26(27(32)29-17-20-10-4-2-5-11-20)31(28(23)33)18-21-12-6-3-7-13-21/h2-15,19,23,26H,16-18H2,1H3,(H,29,32)/t23-,26+/m1/s1. The number of hydrogen-bond donors (Lipinski definition) is 1. The SMILES string of the molecule is Cn1cc([C@H]2C[C@@H](C(=O)NCc3ccccc3)N(Cc3ccccc3)C2=O)c2ccccc21. The van der Waals surface area contributed by atoms with E-state index in [2.05, 4.69) is 22.0 Å². The Balaban J connectivity index is 1.44. The molecule has 3 aromatic carbocycles. The minimum Gasteiger partial charge on any atom is -0.350 e. The third kappa shape index (κ3) is 4.14. The normalized spacial score (nSPS) is 18.1. The summed E-state index contributed by atoms with van der Waals surface area (Å²) in [5.74, 6) is -0.437. The van der Waals surface area contributed by atoms with Gasteiger partial charge in [-0.2, -0.15) is 0 Å². The molecule has 1 aromatic heterocycles. The molecule has 1 saturated heterocycles. The molecule has 33 heavy (non-hydrogen) atoms. The zero-order valence-electron chi connectivity index (χ0n) is 18.6. The molecular weight excluding hydrogens is 410 g/mol. The number of hydrogen-bond acceptors (Lipinski definition) is 2. The molecule has 5 heteroatoms. The van der Waals surface area contributed by atoms with Gasteiger partial charge < -0.3 is 14.8 Å². The van der Waals surface area contributed by atoms with Gasteiger partial charge in [0.1, 0.15) is 6.04 Å². The average Bonchev–Trinajstić information content (AvgIpc) is 3.36. The van der Waals surface area contributed by atoms with Crippen LogP contribution in [0.4, 0.5) is 0 Å². The van der Waals surface area contributed by atoms with E-state index in [4.69, 9.17) is 0 Å². The lowest BCUT2D eigenvalue weighted by Crippen LogP contribution is -2.44. The van der Waals surface area contributed by atoms with Crippen molar-refractivity contribution in [3.8, 4) is 0 Å². The highest BCUT2D eigenvalue weighted by Gasteiger charge is 2.44. The summed E-state index contributed by atoms with van der Waals surface area (Å²) in [6.07, 6.45) is 2.51. The number of nitrogens with zero attached hydrogens (tertiary/aromatic N) is 2. The van der Waals surface area contributed by atoms with Gasteiger partial charge in [-0.3, -0.25) is 9.59 Å². The predicted octanol–water partition coefficient (Wildman–Crippen LogP) is 4.38. The number of rotatable bonds is 6. The number of aromatic nitrogens is 1. The number of fused-ring (bicyclic) bond motifs is 1. The summed E-state index contributed by atoms with van der Waals surface area (Å²) in [5, 5.41) is 4.13. The maximum Gasteiger partial charge on any atom is 0.243 e. The molecule has 0 bridgehead atoms. The highest BCUT2D eigenvalue weighted by atomic mass is 16.2. The molecule has 166 valence electrons. The second kappa shape index (κ2) is 8.94. The molecule has 0 radical (unpaired) electrons. The Morgan fingerprint density at radius 1 is 0.909 bits per heavy atom. The zero-order chi connectivity index (χ0) is 22.8. The molecule has 2 amide bonds. The Morgan fingerprint density at radius 2 is 1.55 bits per heavy atom. The fourth-order valence-corrected chi connectivity index (χ4v) is 4.84. The fraction of sp³-hybridized carbons (Fsp3) is 0.214. The summed E-state index contributed by atoms with van der Waals surface area (Å²) in [7, 11) is 2.00. The topological polar surface area (TPSA) is 54.3 Å². The van der Waals surface area contributed by atoms with Crippen molar-refractivity contribution in [1.82, 2.24) is 14.8 Å². The molecule has 0 spiro atoms. The Kier molecular flexibility index (Phi) is 5.69. The molecule has 4 aromatic rings. The van der Waals surface area contributed by atoms with Gasteiger partial charge in [0.05, 0.1) is 5.92 Å². The Morgan fingerprint density at radius 3 is 2.27 bits per heavy atom. The lowest BCUT2D eigenvalue weighted by Gasteiger charge is -2.24. The van der Waals surface area contributed by atoms with E-state index < -0.39 is 6.04 Å². The maximum atomic E-state index is 13.7. The zero-order valence-corrected chi connectivity index (χ0v) is 18.6. The number of nitrogens with one attached hydrogen (secondary N) is 1. The molecule has 1 fully saturated rings. The van der Waals surface area contributed by atoms with Crippen LogP contribution in [0.5, 0.6) is 0 Å².